The first-order valence-electron chi connectivity index (χ1n) is 8.71. The summed E-state index contributed by atoms with van der Waals surface area (Å²) in [5, 5.41) is 14.0. The quantitative estimate of drug-likeness (QED) is 0.405. The molecule has 0 aliphatic carbocycles. The monoisotopic (exact) mass is 424 g/mol. The molecule has 8 heteroatoms. The number of amidine groups is 1. The summed E-state index contributed by atoms with van der Waals surface area (Å²) in [7, 11) is 0. The van der Waals surface area contributed by atoms with Crippen molar-refractivity contribution in [2.24, 2.45) is 10.9 Å². The summed E-state index contributed by atoms with van der Waals surface area (Å²) in [4.78, 5) is 11.4. The second kappa shape index (κ2) is 12.4. The van der Waals surface area contributed by atoms with Crippen molar-refractivity contribution < 1.29 is 9.94 Å². The fourth-order valence-electron chi connectivity index (χ4n) is 2.95. The number of benzene rings is 1. The van der Waals surface area contributed by atoms with Gasteiger partial charge in [0.1, 0.15) is 12.7 Å². The van der Waals surface area contributed by atoms with Crippen molar-refractivity contribution >= 4 is 36.7 Å². The molecule has 0 amide bonds. The summed E-state index contributed by atoms with van der Waals surface area (Å²) in [5.41, 5.74) is 9.42. The number of oxime groups is 1. The highest BCUT2D eigenvalue weighted by atomic mass is 35.5. The zero-order chi connectivity index (χ0) is 18.2. The van der Waals surface area contributed by atoms with Crippen molar-refractivity contribution in [3.8, 4) is 0 Å². The lowest BCUT2D eigenvalue weighted by molar-refractivity contribution is 0.0166. The third-order valence-corrected chi connectivity index (χ3v) is 4.25. The van der Waals surface area contributed by atoms with Crippen LogP contribution in [0, 0.1) is 0 Å². The number of hydrogen-bond donors (Lipinski definition) is 2. The molecule has 0 saturated carbocycles. The van der Waals surface area contributed by atoms with Gasteiger partial charge in [-0.15, -0.1) is 24.8 Å². The molecule has 152 valence electrons. The Bertz CT molecular complexity index is 772. The summed E-state index contributed by atoms with van der Waals surface area (Å²) < 4.78 is 0. The Labute approximate surface area is 177 Å². The van der Waals surface area contributed by atoms with Crippen LogP contribution in [0.15, 0.2) is 60.0 Å². The van der Waals surface area contributed by atoms with Crippen LogP contribution in [0.5, 0.6) is 0 Å². The Balaban J connectivity index is 0.00000196. The van der Waals surface area contributed by atoms with Gasteiger partial charge in [0.15, 0.2) is 5.84 Å². The van der Waals surface area contributed by atoms with E-state index in [0.29, 0.717) is 6.54 Å². The van der Waals surface area contributed by atoms with E-state index in [4.69, 9.17) is 10.6 Å². The highest BCUT2D eigenvalue weighted by Gasteiger charge is 2.18. The van der Waals surface area contributed by atoms with E-state index >= 15 is 0 Å². The topological polar surface area (TPSA) is 84.0 Å². The predicted molar refractivity (Wildman–Crippen MR) is 117 cm³/mol. The molecular formula is C20H26Cl2N4O2. The lowest BCUT2D eigenvalue weighted by Gasteiger charge is -2.29. The van der Waals surface area contributed by atoms with Gasteiger partial charge in [-0.25, -0.2) is 0 Å². The molecule has 0 spiro atoms. The number of halogens is 2. The largest absolute Gasteiger partial charge is 0.391 e. The van der Waals surface area contributed by atoms with E-state index in [1.165, 1.54) is 11.1 Å². The van der Waals surface area contributed by atoms with E-state index in [0.717, 1.165) is 25.1 Å². The predicted octanol–water partition coefficient (Wildman–Crippen LogP) is 2.65. The molecule has 0 saturated heterocycles. The fourth-order valence-corrected chi connectivity index (χ4v) is 2.95. The minimum absolute atomic E-state index is 0. The van der Waals surface area contributed by atoms with Gasteiger partial charge in [-0.3, -0.25) is 9.88 Å². The van der Waals surface area contributed by atoms with Crippen LogP contribution in [0.3, 0.4) is 0 Å². The molecule has 1 aliphatic heterocycles. The van der Waals surface area contributed by atoms with Crippen molar-refractivity contribution in [3.63, 3.8) is 0 Å². The van der Waals surface area contributed by atoms with E-state index in [1.54, 1.807) is 24.5 Å². The number of pyridine rings is 1. The van der Waals surface area contributed by atoms with Crippen molar-refractivity contribution in [3.05, 3.63) is 71.6 Å². The number of β-amino-alcohol motifs (C(OH)–C–C–N with tert-alkyl or cyclic N) is 1. The van der Waals surface area contributed by atoms with Gasteiger partial charge in [-0.1, -0.05) is 35.5 Å². The highest BCUT2D eigenvalue weighted by Crippen LogP contribution is 2.18. The summed E-state index contributed by atoms with van der Waals surface area (Å²) in [5.74, 6) is 0.243. The normalized spacial score (nSPS) is 15.2. The molecule has 3 N–H and O–H groups in total. The van der Waals surface area contributed by atoms with Crippen LogP contribution in [0.2, 0.25) is 0 Å². The average molecular weight is 425 g/mol. The molecule has 6 nitrogen and oxygen atoms in total. The molecule has 2 aromatic rings. The molecule has 1 unspecified atom stereocenters. The summed E-state index contributed by atoms with van der Waals surface area (Å²) in [6, 6.07) is 12.2. The van der Waals surface area contributed by atoms with Gasteiger partial charge in [0.25, 0.3) is 0 Å². The molecule has 1 aromatic carbocycles. The van der Waals surface area contributed by atoms with Crippen LogP contribution in [0.1, 0.15) is 16.7 Å². The van der Waals surface area contributed by atoms with Crippen LogP contribution >= 0.6 is 24.8 Å². The number of nitrogens with two attached hydrogens (primary N) is 1. The second-order valence-electron chi connectivity index (χ2n) is 6.34. The zero-order valence-corrected chi connectivity index (χ0v) is 17.1. The van der Waals surface area contributed by atoms with Gasteiger partial charge in [-0.2, -0.15) is 0 Å². The van der Waals surface area contributed by atoms with E-state index in [2.05, 4.69) is 39.3 Å². The molecule has 0 fully saturated rings. The lowest BCUT2D eigenvalue weighted by atomic mass is 10.00. The Morgan fingerprint density at radius 2 is 2.04 bits per heavy atom. The Hall–Kier alpha value is -2.12. The Morgan fingerprint density at radius 3 is 2.79 bits per heavy atom. The highest BCUT2D eigenvalue weighted by molar-refractivity contribution is 5.94. The van der Waals surface area contributed by atoms with E-state index in [9.17, 15) is 5.11 Å². The maximum absolute atomic E-state index is 10.2. The van der Waals surface area contributed by atoms with Crippen LogP contribution in [0.4, 0.5) is 0 Å². The first-order valence-corrected chi connectivity index (χ1v) is 8.71. The first-order chi connectivity index (χ1) is 12.7. The number of aliphatic hydroxyl groups excluding tert-OH is 1. The van der Waals surface area contributed by atoms with E-state index in [-0.39, 0.29) is 37.3 Å². The molecular weight excluding hydrogens is 399 g/mol. The standard InChI is InChI=1S/C20H24N4O2.2ClH/c21-20(8-7-16-4-3-10-22-12-16)23-26-15-19(25)14-24-11-9-17-5-1-2-6-18(17)13-24;;/h1-8,10,12,19,25H,9,11,13-15H2,(H2,21,23);2*1H. The molecule has 1 atom stereocenters. The van der Waals surface area contributed by atoms with Gasteiger partial charge in [-0.05, 0) is 41.3 Å². The van der Waals surface area contributed by atoms with Gasteiger partial charge in [0.2, 0.25) is 0 Å². The summed E-state index contributed by atoms with van der Waals surface area (Å²) >= 11 is 0. The summed E-state index contributed by atoms with van der Waals surface area (Å²) in [6.45, 7) is 2.45. The second-order valence-corrected chi connectivity index (χ2v) is 6.34. The number of nitrogens with zero attached hydrogens (tertiary/aromatic N) is 3. The molecule has 1 aromatic heterocycles. The molecule has 1 aliphatic rings. The van der Waals surface area contributed by atoms with Crippen LogP contribution in [-0.2, 0) is 17.8 Å². The van der Waals surface area contributed by atoms with Gasteiger partial charge >= 0.3 is 0 Å². The van der Waals surface area contributed by atoms with Crippen molar-refractivity contribution in [2.45, 2.75) is 19.1 Å². The number of rotatable bonds is 7. The molecule has 3 rings (SSSR count). The molecule has 0 bridgehead atoms. The summed E-state index contributed by atoms with van der Waals surface area (Å²) in [6.07, 6.45) is 7.28. The molecule has 0 radical (unpaired) electrons. The van der Waals surface area contributed by atoms with Crippen LogP contribution < -0.4 is 5.73 Å². The molecule has 28 heavy (non-hydrogen) atoms. The minimum Gasteiger partial charge on any atom is -0.391 e. The van der Waals surface area contributed by atoms with Crippen LogP contribution in [0.25, 0.3) is 6.08 Å². The van der Waals surface area contributed by atoms with Crippen molar-refractivity contribution in [1.82, 2.24) is 9.88 Å². The maximum atomic E-state index is 10.2. The van der Waals surface area contributed by atoms with Gasteiger partial charge < -0.3 is 15.7 Å². The average Bonchev–Trinajstić information content (AvgIpc) is 2.67. The maximum Gasteiger partial charge on any atom is 0.162 e. The number of fused-ring (bicyclic) bond motifs is 1. The zero-order valence-electron chi connectivity index (χ0n) is 15.5. The Morgan fingerprint density at radius 1 is 1.25 bits per heavy atom. The number of aromatic nitrogens is 1. The smallest absolute Gasteiger partial charge is 0.162 e. The third-order valence-electron chi connectivity index (χ3n) is 4.25. The van der Waals surface area contributed by atoms with Crippen molar-refractivity contribution in [2.75, 3.05) is 19.7 Å². The molecule has 2 heterocycles. The van der Waals surface area contributed by atoms with Gasteiger partial charge in [0.05, 0.1) is 0 Å². The first kappa shape index (κ1) is 23.9. The van der Waals surface area contributed by atoms with E-state index < -0.39 is 6.10 Å². The van der Waals surface area contributed by atoms with E-state index in [1.807, 2.05) is 12.1 Å². The third kappa shape index (κ3) is 7.48. The Kier molecular flexibility index (Phi) is 10.6. The minimum atomic E-state index is -0.612. The van der Waals surface area contributed by atoms with Crippen molar-refractivity contribution in [1.29, 1.82) is 0 Å². The number of hydrogen-bond acceptors (Lipinski definition) is 5. The number of aliphatic hydroxyl groups is 1. The lowest BCUT2D eigenvalue weighted by Crippen LogP contribution is -2.38. The van der Waals surface area contributed by atoms with Crippen LogP contribution in [-0.4, -0.2) is 46.6 Å². The SMILES string of the molecule is Cl.Cl.NC(C=Cc1cccnc1)=NOCC(O)CN1CCc2ccccc2C1. The fraction of sp³-hybridized carbons (Fsp3) is 0.300. The van der Waals surface area contributed by atoms with Gasteiger partial charge in [0, 0.05) is 32.0 Å².